The van der Waals surface area contributed by atoms with Crippen LogP contribution in [0.1, 0.15) is 15.9 Å². The summed E-state index contributed by atoms with van der Waals surface area (Å²) in [4.78, 5) is 22.9. The first kappa shape index (κ1) is 21.6. The van der Waals surface area contributed by atoms with E-state index in [1.807, 2.05) is 85.1 Å². The first-order valence-corrected chi connectivity index (χ1v) is 11.8. The van der Waals surface area contributed by atoms with Crippen molar-refractivity contribution in [3.8, 4) is 22.5 Å². The number of para-hydroxylation sites is 1. The molecule has 1 N–H and O–H groups in total. The molecule has 0 fully saturated rings. The van der Waals surface area contributed by atoms with Crippen molar-refractivity contribution in [1.29, 1.82) is 0 Å². The van der Waals surface area contributed by atoms with Crippen LogP contribution >= 0.6 is 34.5 Å². The molecule has 3 aromatic carbocycles. The number of anilines is 1. The summed E-state index contributed by atoms with van der Waals surface area (Å²) in [7, 11) is 0. The lowest BCUT2D eigenvalue weighted by Crippen LogP contribution is -2.15. The first-order valence-electron chi connectivity index (χ1n) is 10.2. The second kappa shape index (κ2) is 8.94. The van der Waals surface area contributed by atoms with Crippen LogP contribution in [0.2, 0.25) is 10.0 Å². The molecule has 0 saturated heterocycles. The third-order valence-corrected chi connectivity index (χ3v) is 6.61. The van der Waals surface area contributed by atoms with Gasteiger partial charge in [-0.05, 0) is 42.8 Å². The normalized spacial score (nSPS) is 11.0. The number of rotatable bonds is 4. The van der Waals surface area contributed by atoms with Gasteiger partial charge < -0.3 is 0 Å². The molecule has 2 aromatic heterocycles. The SMILES string of the molecule is Cc1c(-c2ccc(Cl)cc2)nc2ccccc2c1C(=O)Nc1nc(-c2ccc(Cl)cc2)cs1. The van der Waals surface area contributed by atoms with Crippen molar-refractivity contribution < 1.29 is 4.79 Å². The second-order valence-corrected chi connectivity index (χ2v) is 9.21. The van der Waals surface area contributed by atoms with E-state index < -0.39 is 0 Å². The molecule has 0 radical (unpaired) electrons. The smallest absolute Gasteiger partial charge is 0.258 e. The van der Waals surface area contributed by atoms with Crippen molar-refractivity contribution in [3.63, 3.8) is 0 Å². The van der Waals surface area contributed by atoms with Gasteiger partial charge >= 0.3 is 0 Å². The number of nitrogens with one attached hydrogen (secondary N) is 1. The Labute approximate surface area is 204 Å². The predicted molar refractivity (Wildman–Crippen MR) is 137 cm³/mol. The zero-order valence-electron chi connectivity index (χ0n) is 17.5. The minimum Gasteiger partial charge on any atom is -0.298 e. The molecule has 0 saturated carbocycles. The molecular weight excluding hydrogens is 473 g/mol. The molecule has 0 unspecified atom stereocenters. The van der Waals surface area contributed by atoms with Crippen molar-refractivity contribution in [3.05, 3.63) is 99.3 Å². The van der Waals surface area contributed by atoms with E-state index in [1.165, 1.54) is 11.3 Å². The van der Waals surface area contributed by atoms with Crippen LogP contribution in [-0.4, -0.2) is 15.9 Å². The standard InChI is InChI=1S/C26H17Cl2N3OS/c1-15-23(25(32)31-26-30-22(14-33-26)16-6-10-18(27)11-7-16)20-4-2-3-5-21(20)29-24(15)17-8-12-19(28)13-9-17/h2-14H,1H3,(H,30,31,32). The van der Waals surface area contributed by atoms with Crippen LogP contribution < -0.4 is 5.32 Å². The third-order valence-electron chi connectivity index (χ3n) is 5.35. The van der Waals surface area contributed by atoms with Crippen LogP contribution in [0.5, 0.6) is 0 Å². The number of carbonyl (C=O) groups excluding carboxylic acids is 1. The van der Waals surface area contributed by atoms with Gasteiger partial charge in [-0.2, -0.15) is 0 Å². The van der Waals surface area contributed by atoms with Crippen LogP contribution in [0.3, 0.4) is 0 Å². The fraction of sp³-hybridized carbons (Fsp3) is 0.0385. The van der Waals surface area contributed by atoms with Gasteiger partial charge in [0.05, 0.1) is 22.5 Å². The van der Waals surface area contributed by atoms with Gasteiger partial charge in [0.25, 0.3) is 5.91 Å². The lowest BCUT2D eigenvalue weighted by atomic mass is 9.97. The highest BCUT2D eigenvalue weighted by Gasteiger charge is 2.20. The maximum absolute atomic E-state index is 13.5. The Morgan fingerprint density at radius 2 is 1.48 bits per heavy atom. The highest BCUT2D eigenvalue weighted by atomic mass is 35.5. The average Bonchev–Trinajstić information content (AvgIpc) is 3.28. The number of fused-ring (bicyclic) bond motifs is 1. The van der Waals surface area contributed by atoms with E-state index in [0.29, 0.717) is 20.7 Å². The fourth-order valence-corrected chi connectivity index (χ4v) is 4.70. The van der Waals surface area contributed by atoms with Gasteiger partial charge in [-0.25, -0.2) is 9.97 Å². The number of nitrogens with zero attached hydrogens (tertiary/aromatic N) is 2. The van der Waals surface area contributed by atoms with Gasteiger partial charge in [0.2, 0.25) is 0 Å². The Hall–Kier alpha value is -3.25. The van der Waals surface area contributed by atoms with Crippen molar-refractivity contribution in [1.82, 2.24) is 9.97 Å². The molecule has 0 bridgehead atoms. The number of hydrogen-bond donors (Lipinski definition) is 1. The molecule has 33 heavy (non-hydrogen) atoms. The maximum Gasteiger partial charge on any atom is 0.258 e. The molecule has 0 spiro atoms. The minimum atomic E-state index is -0.224. The monoisotopic (exact) mass is 489 g/mol. The number of aromatic nitrogens is 2. The number of amides is 1. The Balaban J connectivity index is 1.54. The van der Waals surface area contributed by atoms with Gasteiger partial charge in [-0.3, -0.25) is 10.1 Å². The number of halogens is 2. The molecule has 7 heteroatoms. The molecule has 162 valence electrons. The molecule has 5 aromatic rings. The largest absolute Gasteiger partial charge is 0.298 e. The highest BCUT2D eigenvalue weighted by molar-refractivity contribution is 7.14. The van der Waals surface area contributed by atoms with Gasteiger partial charge in [0.15, 0.2) is 5.13 Å². The van der Waals surface area contributed by atoms with E-state index in [1.54, 1.807) is 0 Å². The average molecular weight is 490 g/mol. The number of benzene rings is 3. The van der Waals surface area contributed by atoms with Crippen molar-refractivity contribution >= 4 is 56.5 Å². The molecule has 5 rings (SSSR count). The minimum absolute atomic E-state index is 0.224. The van der Waals surface area contributed by atoms with Gasteiger partial charge in [0, 0.05) is 31.9 Å². The third kappa shape index (κ3) is 4.35. The molecule has 0 aliphatic heterocycles. The van der Waals surface area contributed by atoms with Crippen LogP contribution in [0.4, 0.5) is 5.13 Å². The molecule has 1 amide bonds. The van der Waals surface area contributed by atoms with Crippen LogP contribution in [-0.2, 0) is 0 Å². The lowest BCUT2D eigenvalue weighted by Gasteiger charge is -2.14. The summed E-state index contributed by atoms with van der Waals surface area (Å²) in [6, 6.07) is 22.6. The predicted octanol–water partition coefficient (Wildman–Crippen LogP) is 7.89. The zero-order valence-corrected chi connectivity index (χ0v) is 19.8. The van der Waals surface area contributed by atoms with E-state index >= 15 is 0 Å². The number of hydrogen-bond acceptors (Lipinski definition) is 4. The Morgan fingerprint density at radius 3 is 2.18 bits per heavy atom. The maximum atomic E-state index is 13.5. The summed E-state index contributed by atoms with van der Waals surface area (Å²) in [5, 5.41) is 7.52. The van der Waals surface area contributed by atoms with Crippen LogP contribution in [0.25, 0.3) is 33.4 Å². The highest BCUT2D eigenvalue weighted by Crippen LogP contribution is 2.32. The fourth-order valence-electron chi connectivity index (χ4n) is 3.73. The van der Waals surface area contributed by atoms with E-state index in [0.717, 1.165) is 39.0 Å². The summed E-state index contributed by atoms with van der Waals surface area (Å²) in [6.07, 6.45) is 0. The summed E-state index contributed by atoms with van der Waals surface area (Å²) in [5.41, 5.74) is 5.49. The van der Waals surface area contributed by atoms with Crippen molar-refractivity contribution in [2.45, 2.75) is 6.92 Å². The summed E-state index contributed by atoms with van der Waals surface area (Å²) in [5.74, 6) is -0.224. The topological polar surface area (TPSA) is 54.9 Å². The first-order chi connectivity index (χ1) is 16.0. The van der Waals surface area contributed by atoms with E-state index in [-0.39, 0.29) is 5.91 Å². The summed E-state index contributed by atoms with van der Waals surface area (Å²) in [6.45, 7) is 1.92. The molecule has 2 heterocycles. The molecule has 0 atom stereocenters. The van der Waals surface area contributed by atoms with Crippen LogP contribution in [0.15, 0.2) is 78.2 Å². The van der Waals surface area contributed by atoms with Gasteiger partial charge in [0.1, 0.15) is 0 Å². The Kier molecular flexibility index (Phi) is 5.85. The Bertz CT molecular complexity index is 1480. The molecular formula is C26H17Cl2N3OS. The van der Waals surface area contributed by atoms with Crippen molar-refractivity contribution in [2.75, 3.05) is 5.32 Å². The molecule has 4 nitrogen and oxygen atoms in total. The van der Waals surface area contributed by atoms with Crippen LogP contribution in [0, 0.1) is 6.92 Å². The molecule has 0 aliphatic rings. The number of pyridine rings is 1. The number of carbonyl (C=O) groups is 1. The Morgan fingerprint density at radius 1 is 0.848 bits per heavy atom. The zero-order chi connectivity index (χ0) is 22.9. The van der Waals surface area contributed by atoms with Crippen molar-refractivity contribution in [2.24, 2.45) is 0 Å². The lowest BCUT2D eigenvalue weighted by molar-refractivity contribution is 0.102. The van der Waals surface area contributed by atoms with Gasteiger partial charge in [-0.15, -0.1) is 11.3 Å². The molecule has 0 aliphatic carbocycles. The van der Waals surface area contributed by atoms with Gasteiger partial charge in [-0.1, -0.05) is 65.7 Å². The van der Waals surface area contributed by atoms with E-state index in [2.05, 4.69) is 10.3 Å². The quantitative estimate of drug-likeness (QED) is 0.279. The van der Waals surface area contributed by atoms with E-state index in [9.17, 15) is 4.79 Å². The van der Waals surface area contributed by atoms with E-state index in [4.69, 9.17) is 28.2 Å². The summed E-state index contributed by atoms with van der Waals surface area (Å²) < 4.78 is 0. The second-order valence-electron chi connectivity index (χ2n) is 7.48. The number of thiazole rings is 1. The summed E-state index contributed by atoms with van der Waals surface area (Å²) >= 11 is 13.4.